The molecule has 1 amide bonds. The first-order valence-corrected chi connectivity index (χ1v) is 7.29. The van der Waals surface area contributed by atoms with Crippen LogP contribution in [0.4, 0.5) is 0 Å². The Labute approximate surface area is 131 Å². The molecular formula is C14H17BrClNO3. The molecule has 1 aromatic rings. The molecule has 0 atom stereocenters. The number of carbonyl (C=O) groups is 2. The zero-order valence-electron chi connectivity index (χ0n) is 11.6. The van der Waals surface area contributed by atoms with Crippen LogP contribution in [-0.4, -0.2) is 34.0 Å². The molecule has 0 spiro atoms. The van der Waals surface area contributed by atoms with E-state index in [0.29, 0.717) is 10.6 Å². The van der Waals surface area contributed by atoms with E-state index >= 15 is 0 Å². The van der Waals surface area contributed by atoms with Crippen LogP contribution < -0.4 is 0 Å². The maximum Gasteiger partial charge on any atom is 0.305 e. The van der Waals surface area contributed by atoms with Gasteiger partial charge in [-0.25, -0.2) is 0 Å². The van der Waals surface area contributed by atoms with Crippen LogP contribution in [0, 0.1) is 0 Å². The van der Waals surface area contributed by atoms with Gasteiger partial charge in [-0.2, -0.15) is 0 Å². The molecular weight excluding hydrogens is 346 g/mol. The lowest BCUT2D eigenvalue weighted by Crippen LogP contribution is -2.46. The van der Waals surface area contributed by atoms with Gasteiger partial charge in [0.05, 0.1) is 17.0 Å². The fourth-order valence-electron chi connectivity index (χ4n) is 1.76. The van der Waals surface area contributed by atoms with Crippen molar-refractivity contribution < 1.29 is 14.7 Å². The SMILES string of the molecule is CC(C)(C)N(CCC(=O)O)C(=O)c1cc(Br)ccc1Cl. The van der Waals surface area contributed by atoms with E-state index in [2.05, 4.69) is 15.9 Å². The molecule has 0 aliphatic rings. The number of rotatable bonds is 4. The number of aliphatic carboxylic acids is 1. The summed E-state index contributed by atoms with van der Waals surface area (Å²) in [6.45, 7) is 5.72. The number of carbonyl (C=O) groups excluding carboxylic acids is 1. The Balaban J connectivity index is 3.10. The van der Waals surface area contributed by atoms with Gasteiger partial charge in [-0.15, -0.1) is 0 Å². The monoisotopic (exact) mass is 361 g/mol. The van der Waals surface area contributed by atoms with E-state index in [1.807, 2.05) is 20.8 Å². The van der Waals surface area contributed by atoms with Crippen LogP contribution in [-0.2, 0) is 4.79 Å². The first-order valence-electron chi connectivity index (χ1n) is 6.11. The summed E-state index contributed by atoms with van der Waals surface area (Å²) < 4.78 is 0.748. The summed E-state index contributed by atoms with van der Waals surface area (Å²) in [5.41, 5.74) is -0.126. The van der Waals surface area contributed by atoms with Gasteiger partial charge in [-0.1, -0.05) is 27.5 Å². The number of halogens is 2. The van der Waals surface area contributed by atoms with E-state index in [1.54, 1.807) is 18.2 Å². The van der Waals surface area contributed by atoms with E-state index in [4.69, 9.17) is 16.7 Å². The van der Waals surface area contributed by atoms with Gasteiger partial charge >= 0.3 is 5.97 Å². The fourth-order valence-corrected chi connectivity index (χ4v) is 2.32. The van der Waals surface area contributed by atoms with Crippen LogP contribution in [0.5, 0.6) is 0 Å². The summed E-state index contributed by atoms with van der Waals surface area (Å²) in [4.78, 5) is 24.9. The smallest absolute Gasteiger partial charge is 0.305 e. The third kappa shape index (κ3) is 4.49. The predicted molar refractivity (Wildman–Crippen MR) is 82.2 cm³/mol. The summed E-state index contributed by atoms with van der Waals surface area (Å²) in [6.07, 6.45) is -0.103. The van der Waals surface area contributed by atoms with Crippen LogP contribution in [0.3, 0.4) is 0 Å². The van der Waals surface area contributed by atoms with Crippen molar-refractivity contribution in [3.8, 4) is 0 Å². The average molecular weight is 363 g/mol. The number of amides is 1. The molecule has 0 aliphatic heterocycles. The van der Waals surface area contributed by atoms with Gasteiger partial charge in [0.15, 0.2) is 0 Å². The van der Waals surface area contributed by atoms with E-state index in [9.17, 15) is 9.59 Å². The van der Waals surface area contributed by atoms with Gasteiger partial charge in [0.1, 0.15) is 0 Å². The van der Waals surface area contributed by atoms with Gasteiger partial charge < -0.3 is 10.0 Å². The second-order valence-corrected chi connectivity index (χ2v) is 6.72. The van der Waals surface area contributed by atoms with Crippen LogP contribution in [0.1, 0.15) is 37.6 Å². The zero-order chi connectivity index (χ0) is 15.5. The van der Waals surface area contributed by atoms with Crippen molar-refractivity contribution in [1.29, 1.82) is 0 Å². The van der Waals surface area contributed by atoms with Gasteiger partial charge in [0, 0.05) is 16.6 Å². The lowest BCUT2D eigenvalue weighted by atomic mass is 10.0. The Hall–Kier alpha value is -1.07. The normalized spacial score (nSPS) is 11.2. The minimum atomic E-state index is -0.938. The minimum Gasteiger partial charge on any atom is -0.481 e. The molecule has 0 radical (unpaired) electrons. The highest BCUT2D eigenvalue weighted by molar-refractivity contribution is 9.10. The van der Waals surface area contributed by atoms with Gasteiger partial charge in [-0.3, -0.25) is 9.59 Å². The zero-order valence-corrected chi connectivity index (χ0v) is 14.0. The second-order valence-electron chi connectivity index (χ2n) is 5.40. The Morgan fingerprint density at radius 1 is 1.35 bits per heavy atom. The van der Waals surface area contributed by atoms with E-state index in [-0.39, 0.29) is 18.9 Å². The Morgan fingerprint density at radius 3 is 2.45 bits per heavy atom. The number of carboxylic acid groups (broad SMARTS) is 1. The van der Waals surface area contributed by atoms with E-state index in [1.165, 1.54) is 4.90 Å². The van der Waals surface area contributed by atoms with E-state index < -0.39 is 11.5 Å². The van der Waals surface area contributed by atoms with Crippen LogP contribution in [0.15, 0.2) is 22.7 Å². The van der Waals surface area contributed by atoms with Gasteiger partial charge in [-0.05, 0) is 39.0 Å². The molecule has 0 fully saturated rings. The largest absolute Gasteiger partial charge is 0.481 e. The summed E-state index contributed by atoms with van der Waals surface area (Å²) in [7, 11) is 0. The highest BCUT2D eigenvalue weighted by atomic mass is 79.9. The quantitative estimate of drug-likeness (QED) is 0.886. The molecule has 110 valence electrons. The topological polar surface area (TPSA) is 57.6 Å². The Bertz CT molecular complexity index is 526. The van der Waals surface area contributed by atoms with Crippen molar-refractivity contribution in [3.05, 3.63) is 33.3 Å². The van der Waals surface area contributed by atoms with Crippen molar-refractivity contribution in [3.63, 3.8) is 0 Å². The van der Waals surface area contributed by atoms with Gasteiger partial charge in [0.2, 0.25) is 0 Å². The molecule has 0 heterocycles. The molecule has 0 unspecified atom stereocenters. The molecule has 1 N–H and O–H groups in total. The molecule has 0 saturated heterocycles. The number of hydrogen-bond donors (Lipinski definition) is 1. The molecule has 1 aromatic carbocycles. The standard InChI is InChI=1S/C14H17BrClNO3/c1-14(2,3)17(7-6-12(18)19)13(20)10-8-9(15)4-5-11(10)16/h4-5,8H,6-7H2,1-3H3,(H,18,19). The first kappa shape index (κ1) is 17.0. The van der Waals surface area contributed by atoms with Crippen molar-refractivity contribution in [2.75, 3.05) is 6.54 Å². The number of nitrogens with zero attached hydrogens (tertiary/aromatic N) is 1. The highest BCUT2D eigenvalue weighted by Crippen LogP contribution is 2.25. The summed E-state index contributed by atoms with van der Waals surface area (Å²) in [5, 5.41) is 9.16. The number of carboxylic acids is 1. The maximum absolute atomic E-state index is 12.6. The number of hydrogen-bond acceptors (Lipinski definition) is 2. The summed E-state index contributed by atoms with van der Waals surface area (Å²) in [6, 6.07) is 5.03. The average Bonchev–Trinajstić information content (AvgIpc) is 2.30. The first-order chi connectivity index (χ1) is 9.12. The molecule has 0 bridgehead atoms. The van der Waals surface area contributed by atoms with Crippen molar-refractivity contribution >= 4 is 39.4 Å². The van der Waals surface area contributed by atoms with Crippen LogP contribution >= 0.6 is 27.5 Å². The molecule has 0 aliphatic carbocycles. The highest BCUT2D eigenvalue weighted by Gasteiger charge is 2.28. The molecule has 4 nitrogen and oxygen atoms in total. The maximum atomic E-state index is 12.6. The molecule has 6 heteroatoms. The van der Waals surface area contributed by atoms with Crippen LogP contribution in [0.2, 0.25) is 5.02 Å². The second kappa shape index (κ2) is 6.59. The number of benzene rings is 1. The summed E-state index contributed by atoms with van der Waals surface area (Å²) >= 11 is 9.37. The lowest BCUT2D eigenvalue weighted by molar-refractivity contribution is -0.137. The van der Waals surface area contributed by atoms with Crippen molar-refractivity contribution in [2.24, 2.45) is 0 Å². The van der Waals surface area contributed by atoms with Crippen molar-refractivity contribution in [2.45, 2.75) is 32.7 Å². The summed E-state index contributed by atoms with van der Waals surface area (Å²) in [5.74, 6) is -1.21. The van der Waals surface area contributed by atoms with E-state index in [0.717, 1.165) is 4.47 Å². The molecule has 0 aromatic heterocycles. The minimum absolute atomic E-state index is 0.103. The van der Waals surface area contributed by atoms with Crippen molar-refractivity contribution in [1.82, 2.24) is 4.90 Å². The molecule has 0 saturated carbocycles. The Morgan fingerprint density at radius 2 is 1.95 bits per heavy atom. The third-order valence-corrected chi connectivity index (χ3v) is 3.59. The predicted octanol–water partition coefficient (Wildman–Crippen LogP) is 3.82. The molecule has 20 heavy (non-hydrogen) atoms. The van der Waals surface area contributed by atoms with Gasteiger partial charge in [0.25, 0.3) is 5.91 Å². The van der Waals surface area contributed by atoms with Crippen LogP contribution in [0.25, 0.3) is 0 Å². The Kier molecular flexibility index (Phi) is 5.59. The molecule has 1 rings (SSSR count). The fraction of sp³-hybridized carbons (Fsp3) is 0.429. The third-order valence-electron chi connectivity index (χ3n) is 2.76. The lowest BCUT2D eigenvalue weighted by Gasteiger charge is -2.35.